The summed E-state index contributed by atoms with van der Waals surface area (Å²) in [6.45, 7) is 9.55. The standard InChI is InChI=1S/C22H31N5O2/c1-4-26(5-2)21-24-19(17-10-8-7-9-11-17)16-20(25-21)23-18-12-14-27(15-13-18)22(28)29-6-3/h7-11,16,18H,4-6,12-15H2,1-3H3,(H,23,24,25). The van der Waals surface area contributed by atoms with Gasteiger partial charge in [-0.1, -0.05) is 30.3 Å². The molecular formula is C22H31N5O2. The molecule has 1 aliphatic rings. The Balaban J connectivity index is 1.76. The van der Waals surface area contributed by atoms with Crippen molar-refractivity contribution in [3.63, 3.8) is 0 Å². The topological polar surface area (TPSA) is 70.6 Å². The molecule has 0 bridgehead atoms. The molecule has 2 aromatic rings. The van der Waals surface area contributed by atoms with Gasteiger partial charge in [-0.15, -0.1) is 0 Å². The van der Waals surface area contributed by atoms with E-state index in [0.29, 0.717) is 19.7 Å². The third kappa shape index (κ3) is 5.37. The number of amides is 1. The largest absolute Gasteiger partial charge is 0.450 e. The first kappa shape index (κ1) is 20.9. The average molecular weight is 398 g/mol. The number of hydrogen-bond acceptors (Lipinski definition) is 6. The molecule has 0 spiro atoms. The van der Waals surface area contributed by atoms with E-state index >= 15 is 0 Å². The Kier molecular flexibility index (Phi) is 7.27. The first-order valence-corrected chi connectivity index (χ1v) is 10.5. The van der Waals surface area contributed by atoms with Crippen LogP contribution in [0.25, 0.3) is 11.3 Å². The second kappa shape index (κ2) is 10.1. The normalized spacial score (nSPS) is 14.5. The zero-order valence-corrected chi connectivity index (χ0v) is 17.6. The molecule has 1 aromatic carbocycles. The molecule has 7 nitrogen and oxygen atoms in total. The minimum absolute atomic E-state index is 0.219. The minimum Gasteiger partial charge on any atom is -0.450 e. The quantitative estimate of drug-likeness (QED) is 0.761. The predicted molar refractivity (Wildman–Crippen MR) is 116 cm³/mol. The van der Waals surface area contributed by atoms with Gasteiger partial charge in [0.2, 0.25) is 5.95 Å². The summed E-state index contributed by atoms with van der Waals surface area (Å²) in [5, 5.41) is 3.57. The molecule has 0 radical (unpaired) electrons. The number of piperidine rings is 1. The van der Waals surface area contributed by atoms with Crippen LogP contribution in [0.5, 0.6) is 0 Å². The van der Waals surface area contributed by atoms with Gasteiger partial charge in [-0.3, -0.25) is 0 Å². The summed E-state index contributed by atoms with van der Waals surface area (Å²) in [7, 11) is 0. The van der Waals surface area contributed by atoms with Crippen LogP contribution in [0.4, 0.5) is 16.6 Å². The molecule has 0 unspecified atom stereocenters. The Bertz CT molecular complexity index is 787. The third-order valence-electron chi connectivity index (χ3n) is 5.20. The Labute approximate surface area is 173 Å². The number of anilines is 2. The highest BCUT2D eigenvalue weighted by atomic mass is 16.6. The van der Waals surface area contributed by atoms with Crippen molar-refractivity contribution in [3.8, 4) is 11.3 Å². The number of rotatable bonds is 7. The van der Waals surface area contributed by atoms with Crippen molar-refractivity contribution in [2.75, 3.05) is 43.0 Å². The maximum Gasteiger partial charge on any atom is 0.409 e. The number of carbonyl (C=O) groups is 1. The van der Waals surface area contributed by atoms with Gasteiger partial charge in [0, 0.05) is 43.9 Å². The highest BCUT2D eigenvalue weighted by Gasteiger charge is 2.24. The summed E-state index contributed by atoms with van der Waals surface area (Å²) in [6.07, 6.45) is 1.51. The Morgan fingerprint density at radius 1 is 1.14 bits per heavy atom. The first-order valence-electron chi connectivity index (χ1n) is 10.5. The number of ether oxygens (including phenoxy) is 1. The van der Waals surface area contributed by atoms with Crippen molar-refractivity contribution >= 4 is 17.9 Å². The fraction of sp³-hybridized carbons (Fsp3) is 0.500. The summed E-state index contributed by atoms with van der Waals surface area (Å²) >= 11 is 0. The Morgan fingerprint density at radius 3 is 2.45 bits per heavy atom. The van der Waals surface area contributed by atoms with E-state index in [9.17, 15) is 4.79 Å². The second-order valence-electron chi connectivity index (χ2n) is 7.08. The number of likely N-dealkylation sites (tertiary alicyclic amines) is 1. The first-order chi connectivity index (χ1) is 14.1. The van der Waals surface area contributed by atoms with Gasteiger partial charge in [0.05, 0.1) is 12.3 Å². The van der Waals surface area contributed by atoms with Crippen LogP contribution >= 0.6 is 0 Å². The van der Waals surface area contributed by atoms with E-state index in [1.807, 2.05) is 31.2 Å². The van der Waals surface area contributed by atoms with E-state index in [1.165, 1.54) is 0 Å². The lowest BCUT2D eigenvalue weighted by molar-refractivity contribution is 0.0983. The molecule has 7 heteroatoms. The molecule has 1 aromatic heterocycles. The van der Waals surface area contributed by atoms with Crippen LogP contribution in [0.1, 0.15) is 33.6 Å². The van der Waals surface area contributed by atoms with Crippen molar-refractivity contribution in [3.05, 3.63) is 36.4 Å². The van der Waals surface area contributed by atoms with Crippen molar-refractivity contribution in [2.45, 2.75) is 39.7 Å². The predicted octanol–water partition coefficient (Wildman–Crippen LogP) is 4.02. The van der Waals surface area contributed by atoms with Crippen LogP contribution < -0.4 is 10.2 Å². The number of nitrogens with zero attached hydrogens (tertiary/aromatic N) is 4. The van der Waals surface area contributed by atoms with Crippen LogP contribution in [-0.2, 0) is 4.74 Å². The number of carbonyl (C=O) groups excluding carboxylic acids is 1. The minimum atomic E-state index is -0.219. The molecule has 0 atom stereocenters. The zero-order valence-electron chi connectivity index (χ0n) is 17.6. The van der Waals surface area contributed by atoms with Crippen molar-refractivity contribution < 1.29 is 9.53 Å². The number of hydrogen-bond donors (Lipinski definition) is 1. The van der Waals surface area contributed by atoms with Crippen LogP contribution in [0.15, 0.2) is 36.4 Å². The fourth-order valence-electron chi connectivity index (χ4n) is 3.54. The monoisotopic (exact) mass is 397 g/mol. The summed E-state index contributed by atoms with van der Waals surface area (Å²) in [6, 6.07) is 12.5. The van der Waals surface area contributed by atoms with Crippen LogP contribution in [0, 0.1) is 0 Å². The highest BCUT2D eigenvalue weighted by molar-refractivity contribution is 5.68. The molecular weight excluding hydrogens is 366 g/mol. The van der Waals surface area contributed by atoms with E-state index in [1.54, 1.807) is 4.90 Å². The molecule has 29 heavy (non-hydrogen) atoms. The summed E-state index contributed by atoms with van der Waals surface area (Å²) in [4.78, 5) is 25.4. The van der Waals surface area contributed by atoms with Crippen LogP contribution in [0.2, 0.25) is 0 Å². The molecule has 2 heterocycles. The summed E-state index contributed by atoms with van der Waals surface area (Å²) in [5.41, 5.74) is 1.98. The highest BCUT2D eigenvalue weighted by Crippen LogP contribution is 2.24. The van der Waals surface area contributed by atoms with E-state index < -0.39 is 0 Å². The Morgan fingerprint density at radius 2 is 1.83 bits per heavy atom. The van der Waals surface area contributed by atoms with Gasteiger partial charge in [-0.2, -0.15) is 4.98 Å². The lowest BCUT2D eigenvalue weighted by atomic mass is 10.1. The molecule has 1 aliphatic heterocycles. The van der Waals surface area contributed by atoms with Crippen molar-refractivity contribution in [1.29, 1.82) is 0 Å². The average Bonchev–Trinajstić information content (AvgIpc) is 2.76. The maximum atomic E-state index is 11.9. The molecule has 1 fully saturated rings. The van der Waals surface area contributed by atoms with Gasteiger partial charge in [0.15, 0.2) is 0 Å². The molecule has 3 rings (SSSR count). The van der Waals surface area contributed by atoms with E-state index in [4.69, 9.17) is 14.7 Å². The van der Waals surface area contributed by atoms with Gasteiger partial charge < -0.3 is 19.9 Å². The lowest BCUT2D eigenvalue weighted by Crippen LogP contribution is -2.42. The summed E-state index contributed by atoms with van der Waals surface area (Å²) in [5.74, 6) is 1.57. The molecule has 0 saturated carbocycles. The van der Waals surface area contributed by atoms with Gasteiger partial charge in [-0.05, 0) is 33.6 Å². The van der Waals surface area contributed by atoms with Crippen LogP contribution in [0.3, 0.4) is 0 Å². The van der Waals surface area contributed by atoms with E-state index in [2.05, 4.69) is 36.2 Å². The molecule has 1 saturated heterocycles. The third-order valence-corrected chi connectivity index (χ3v) is 5.20. The summed E-state index contributed by atoms with van der Waals surface area (Å²) < 4.78 is 5.11. The maximum absolute atomic E-state index is 11.9. The van der Waals surface area contributed by atoms with Crippen molar-refractivity contribution in [1.82, 2.24) is 14.9 Å². The van der Waals surface area contributed by atoms with Gasteiger partial charge in [-0.25, -0.2) is 9.78 Å². The molecule has 0 aliphatic carbocycles. The van der Waals surface area contributed by atoms with Crippen molar-refractivity contribution in [2.24, 2.45) is 0 Å². The molecule has 1 N–H and O–H groups in total. The molecule has 1 amide bonds. The van der Waals surface area contributed by atoms with Crippen LogP contribution in [-0.4, -0.2) is 59.8 Å². The van der Waals surface area contributed by atoms with Gasteiger partial charge in [0.25, 0.3) is 0 Å². The van der Waals surface area contributed by atoms with Gasteiger partial charge >= 0.3 is 6.09 Å². The number of benzene rings is 1. The zero-order chi connectivity index (χ0) is 20.6. The second-order valence-corrected chi connectivity index (χ2v) is 7.08. The number of aromatic nitrogens is 2. The molecule has 156 valence electrons. The van der Waals surface area contributed by atoms with Gasteiger partial charge in [0.1, 0.15) is 5.82 Å². The Hall–Kier alpha value is -2.83. The smallest absolute Gasteiger partial charge is 0.409 e. The number of nitrogens with one attached hydrogen (secondary N) is 1. The fourth-order valence-corrected chi connectivity index (χ4v) is 3.54. The lowest BCUT2D eigenvalue weighted by Gasteiger charge is -2.32. The van der Waals surface area contributed by atoms with E-state index in [0.717, 1.165) is 49.0 Å². The van der Waals surface area contributed by atoms with E-state index in [-0.39, 0.29) is 12.1 Å². The SMILES string of the molecule is CCOC(=O)N1CCC(Nc2cc(-c3ccccc3)nc(N(CC)CC)n2)CC1.